The van der Waals surface area contributed by atoms with Crippen molar-refractivity contribution in [3.63, 3.8) is 0 Å². The predicted octanol–water partition coefficient (Wildman–Crippen LogP) is 3.06. The normalized spacial score (nSPS) is 11.9. The van der Waals surface area contributed by atoms with Crippen molar-refractivity contribution in [2.24, 2.45) is 5.92 Å². The molecule has 0 radical (unpaired) electrons. The lowest BCUT2D eigenvalue weighted by Crippen LogP contribution is -2.16. The van der Waals surface area contributed by atoms with Gasteiger partial charge in [-0.25, -0.2) is 4.79 Å². The molecule has 1 unspecified atom stereocenters. The zero-order valence-electron chi connectivity index (χ0n) is 10.2. The first-order chi connectivity index (χ1) is 8.13. The molecule has 4 nitrogen and oxygen atoms in total. The molecule has 4 heteroatoms. The van der Waals surface area contributed by atoms with E-state index in [1.165, 1.54) is 24.3 Å². The number of aromatic hydroxyl groups is 1. The van der Waals surface area contributed by atoms with E-state index in [2.05, 4.69) is 6.92 Å². The van der Waals surface area contributed by atoms with Crippen LogP contribution in [0.1, 0.15) is 33.1 Å². The maximum absolute atomic E-state index is 11.5. The molecule has 0 fully saturated rings. The van der Waals surface area contributed by atoms with Crippen molar-refractivity contribution in [1.29, 1.82) is 0 Å². The molecule has 0 aliphatic rings. The van der Waals surface area contributed by atoms with Gasteiger partial charge in [0.2, 0.25) is 0 Å². The Kier molecular flexibility index (Phi) is 5.33. The molecule has 0 bridgehead atoms. The van der Waals surface area contributed by atoms with Gasteiger partial charge in [-0.3, -0.25) is 9.78 Å². The summed E-state index contributed by atoms with van der Waals surface area (Å²) in [6, 6.07) is 5.98. The molecular weight excluding hydrogens is 220 g/mol. The molecule has 0 aliphatic heterocycles. The average molecular weight is 238 g/mol. The number of carbonyl (C=O) groups is 1. The number of hydrogen-bond acceptors (Lipinski definition) is 4. The summed E-state index contributed by atoms with van der Waals surface area (Å²) in [5.41, 5.74) is 0. The van der Waals surface area contributed by atoms with Gasteiger partial charge in [0, 0.05) is 0 Å². The molecule has 0 saturated heterocycles. The van der Waals surface area contributed by atoms with Crippen LogP contribution in [-0.4, -0.2) is 11.1 Å². The first-order valence-electron chi connectivity index (χ1n) is 5.81. The van der Waals surface area contributed by atoms with Crippen LogP contribution < -0.4 is 4.89 Å². The number of carbonyl (C=O) groups excluding carboxylic acids is 1. The van der Waals surface area contributed by atoms with E-state index in [1.54, 1.807) is 0 Å². The fourth-order valence-electron chi connectivity index (χ4n) is 1.30. The van der Waals surface area contributed by atoms with Gasteiger partial charge in [-0.2, -0.15) is 0 Å². The third-order valence-electron chi connectivity index (χ3n) is 2.45. The zero-order chi connectivity index (χ0) is 12.7. The highest BCUT2D eigenvalue weighted by Crippen LogP contribution is 2.17. The molecule has 1 aromatic carbocycles. The summed E-state index contributed by atoms with van der Waals surface area (Å²) in [6.07, 6.45) is 2.85. The van der Waals surface area contributed by atoms with Crippen LogP contribution in [0.2, 0.25) is 0 Å². The number of phenolic OH excluding ortho intramolecular Hbond substituents is 1. The van der Waals surface area contributed by atoms with Crippen molar-refractivity contribution in [3.05, 3.63) is 24.3 Å². The Morgan fingerprint density at radius 2 is 2.00 bits per heavy atom. The van der Waals surface area contributed by atoms with Crippen molar-refractivity contribution in [2.75, 3.05) is 0 Å². The molecule has 17 heavy (non-hydrogen) atoms. The summed E-state index contributed by atoms with van der Waals surface area (Å²) in [5, 5.41) is 9.06. The van der Waals surface area contributed by atoms with E-state index in [1.807, 2.05) is 6.92 Å². The van der Waals surface area contributed by atoms with Crippen molar-refractivity contribution in [3.8, 4) is 11.5 Å². The minimum atomic E-state index is -0.369. The summed E-state index contributed by atoms with van der Waals surface area (Å²) in [4.78, 5) is 21.1. The highest BCUT2D eigenvalue weighted by atomic mass is 17.2. The molecule has 1 rings (SSSR count). The van der Waals surface area contributed by atoms with Gasteiger partial charge in [-0.1, -0.05) is 26.7 Å². The van der Waals surface area contributed by atoms with E-state index in [4.69, 9.17) is 14.9 Å². The number of benzene rings is 1. The molecule has 1 atom stereocenters. The molecule has 1 aromatic rings. The third kappa shape index (κ3) is 4.76. The predicted molar refractivity (Wildman–Crippen MR) is 63.5 cm³/mol. The summed E-state index contributed by atoms with van der Waals surface area (Å²) in [7, 11) is 0. The average Bonchev–Trinajstić information content (AvgIpc) is 2.34. The van der Waals surface area contributed by atoms with Crippen LogP contribution in [0.4, 0.5) is 0 Å². The molecule has 0 spiro atoms. The summed E-state index contributed by atoms with van der Waals surface area (Å²) < 4.78 is 0. The van der Waals surface area contributed by atoms with Gasteiger partial charge in [0.15, 0.2) is 5.75 Å². The Bertz CT molecular complexity index is 345. The van der Waals surface area contributed by atoms with Gasteiger partial charge in [0.1, 0.15) is 5.75 Å². The lowest BCUT2D eigenvalue weighted by Gasteiger charge is -2.09. The Morgan fingerprint density at radius 3 is 2.59 bits per heavy atom. The van der Waals surface area contributed by atoms with Crippen molar-refractivity contribution in [1.82, 2.24) is 0 Å². The van der Waals surface area contributed by atoms with E-state index in [9.17, 15) is 4.79 Å². The second-order valence-electron chi connectivity index (χ2n) is 4.02. The van der Waals surface area contributed by atoms with Crippen LogP contribution in [-0.2, 0) is 9.68 Å². The smallest absolute Gasteiger partial charge is 0.358 e. The number of hydrogen-bond donors (Lipinski definition) is 1. The number of phenols is 1. The van der Waals surface area contributed by atoms with E-state index in [-0.39, 0.29) is 17.6 Å². The van der Waals surface area contributed by atoms with Crippen LogP contribution in [0, 0.1) is 5.92 Å². The first-order valence-corrected chi connectivity index (χ1v) is 5.81. The van der Waals surface area contributed by atoms with Crippen molar-refractivity contribution in [2.45, 2.75) is 33.1 Å². The third-order valence-corrected chi connectivity index (χ3v) is 2.45. The van der Waals surface area contributed by atoms with E-state index >= 15 is 0 Å². The molecule has 94 valence electrons. The molecule has 0 heterocycles. The fraction of sp³-hybridized carbons (Fsp3) is 0.462. The Balaban J connectivity index is 2.34. The molecule has 0 saturated carbocycles. The van der Waals surface area contributed by atoms with E-state index in [0.717, 1.165) is 19.3 Å². The van der Waals surface area contributed by atoms with Crippen molar-refractivity contribution >= 4 is 5.97 Å². The molecule has 0 aromatic heterocycles. The lowest BCUT2D eigenvalue weighted by atomic mass is 10.1. The Labute approximate surface area is 101 Å². The SMILES string of the molecule is CCCCC(C)C(=O)OOc1ccc(O)cc1. The van der Waals surface area contributed by atoms with Gasteiger partial charge in [0.25, 0.3) is 0 Å². The maximum Gasteiger partial charge on any atom is 0.358 e. The standard InChI is InChI=1S/C13H18O4/c1-3-4-5-10(2)13(15)17-16-12-8-6-11(14)7-9-12/h6-10,14H,3-5H2,1-2H3. The molecule has 0 aliphatic carbocycles. The van der Waals surface area contributed by atoms with Gasteiger partial charge in [0.05, 0.1) is 5.92 Å². The van der Waals surface area contributed by atoms with Crippen LogP contribution in [0.25, 0.3) is 0 Å². The maximum atomic E-state index is 11.5. The Hall–Kier alpha value is -1.71. The molecule has 0 amide bonds. The van der Waals surface area contributed by atoms with Crippen molar-refractivity contribution < 1.29 is 19.7 Å². The second-order valence-corrected chi connectivity index (χ2v) is 4.02. The van der Waals surface area contributed by atoms with Crippen LogP contribution in [0.15, 0.2) is 24.3 Å². The van der Waals surface area contributed by atoms with Gasteiger partial charge in [-0.05, 0) is 30.7 Å². The van der Waals surface area contributed by atoms with Gasteiger partial charge < -0.3 is 5.11 Å². The highest BCUT2D eigenvalue weighted by Gasteiger charge is 2.15. The summed E-state index contributed by atoms with van der Waals surface area (Å²) in [5.74, 6) is -0.00239. The summed E-state index contributed by atoms with van der Waals surface area (Å²) in [6.45, 7) is 3.89. The minimum Gasteiger partial charge on any atom is -0.508 e. The molecular formula is C13H18O4. The summed E-state index contributed by atoms with van der Waals surface area (Å²) >= 11 is 0. The number of rotatable bonds is 6. The topological polar surface area (TPSA) is 55.8 Å². The minimum absolute atomic E-state index is 0.139. The van der Waals surface area contributed by atoms with Crippen LogP contribution in [0.3, 0.4) is 0 Å². The van der Waals surface area contributed by atoms with Crippen LogP contribution in [0.5, 0.6) is 11.5 Å². The first kappa shape index (κ1) is 13.4. The van der Waals surface area contributed by atoms with Gasteiger partial charge >= 0.3 is 5.97 Å². The molecule has 1 N–H and O–H groups in total. The Morgan fingerprint density at radius 1 is 1.35 bits per heavy atom. The second kappa shape index (κ2) is 6.78. The van der Waals surface area contributed by atoms with Crippen LogP contribution >= 0.6 is 0 Å². The fourth-order valence-corrected chi connectivity index (χ4v) is 1.30. The monoisotopic (exact) mass is 238 g/mol. The quantitative estimate of drug-likeness (QED) is 0.611. The highest BCUT2D eigenvalue weighted by molar-refractivity contribution is 5.71. The lowest BCUT2D eigenvalue weighted by molar-refractivity contribution is -0.218. The van der Waals surface area contributed by atoms with Gasteiger partial charge in [-0.15, -0.1) is 0 Å². The zero-order valence-corrected chi connectivity index (χ0v) is 10.2. The number of unbranched alkanes of at least 4 members (excludes halogenated alkanes) is 1. The van der Waals surface area contributed by atoms with E-state index < -0.39 is 0 Å². The largest absolute Gasteiger partial charge is 0.508 e. The van der Waals surface area contributed by atoms with E-state index in [0.29, 0.717) is 5.75 Å².